The van der Waals surface area contributed by atoms with Crippen molar-refractivity contribution in [2.24, 2.45) is 4.99 Å². The Morgan fingerprint density at radius 1 is 1.41 bits per heavy atom. The van der Waals surface area contributed by atoms with E-state index in [4.69, 9.17) is 9.47 Å². The minimum absolute atomic E-state index is 0. The van der Waals surface area contributed by atoms with Gasteiger partial charge in [-0.25, -0.2) is 0 Å². The number of rotatable bonds is 2. The summed E-state index contributed by atoms with van der Waals surface area (Å²) >= 11 is 0. The molecule has 0 saturated carbocycles. The Balaban J connectivity index is 0.00000144. The fourth-order valence-corrected chi connectivity index (χ4v) is 1.59. The standard InChI is InChI=1S/C11H15N3O2.HI/c1-12-11(13-2)14-6-8-4-3-5-9-10(8)16-7-15-9;/h3-5H,6-7H2,1-2H3,(H2,12,13,14);1H. The Hall–Kier alpha value is -1.18. The van der Waals surface area contributed by atoms with Crippen LogP contribution in [0.5, 0.6) is 11.5 Å². The number of fused-ring (bicyclic) bond motifs is 1. The van der Waals surface area contributed by atoms with Crippen LogP contribution in [0, 0.1) is 0 Å². The fourth-order valence-electron chi connectivity index (χ4n) is 1.59. The molecule has 2 N–H and O–H groups in total. The maximum atomic E-state index is 5.41. The average molecular weight is 349 g/mol. The third-order valence-corrected chi connectivity index (χ3v) is 2.38. The molecular weight excluding hydrogens is 333 g/mol. The summed E-state index contributed by atoms with van der Waals surface area (Å²) in [4.78, 5) is 4.04. The molecule has 0 unspecified atom stereocenters. The van der Waals surface area contributed by atoms with Crippen LogP contribution >= 0.6 is 24.0 Å². The highest BCUT2D eigenvalue weighted by molar-refractivity contribution is 14.0. The maximum Gasteiger partial charge on any atom is 0.231 e. The molecule has 2 rings (SSSR count). The van der Waals surface area contributed by atoms with Gasteiger partial charge in [-0.3, -0.25) is 4.99 Å². The van der Waals surface area contributed by atoms with E-state index >= 15 is 0 Å². The molecule has 17 heavy (non-hydrogen) atoms. The lowest BCUT2D eigenvalue weighted by Crippen LogP contribution is -2.34. The first-order valence-corrected chi connectivity index (χ1v) is 5.11. The molecule has 0 amide bonds. The maximum absolute atomic E-state index is 5.41. The van der Waals surface area contributed by atoms with E-state index in [0.717, 1.165) is 23.0 Å². The zero-order valence-electron chi connectivity index (χ0n) is 9.82. The highest BCUT2D eigenvalue weighted by Gasteiger charge is 2.16. The first-order chi connectivity index (χ1) is 7.85. The number of aliphatic imine (C=N–C) groups is 1. The van der Waals surface area contributed by atoms with Crippen molar-refractivity contribution in [3.8, 4) is 11.5 Å². The van der Waals surface area contributed by atoms with Crippen LogP contribution < -0.4 is 20.1 Å². The highest BCUT2D eigenvalue weighted by atomic mass is 127. The summed E-state index contributed by atoms with van der Waals surface area (Å²) in [5, 5.41) is 6.12. The van der Waals surface area contributed by atoms with Gasteiger partial charge in [0.1, 0.15) is 0 Å². The summed E-state index contributed by atoms with van der Waals surface area (Å²) in [6.07, 6.45) is 0. The molecule has 1 heterocycles. The van der Waals surface area contributed by atoms with Crippen LogP contribution in [0.1, 0.15) is 5.56 Å². The van der Waals surface area contributed by atoms with Gasteiger partial charge in [0, 0.05) is 26.2 Å². The summed E-state index contributed by atoms with van der Waals surface area (Å²) in [7, 11) is 3.55. The van der Waals surface area contributed by atoms with E-state index in [-0.39, 0.29) is 24.0 Å². The molecule has 0 aromatic heterocycles. The monoisotopic (exact) mass is 349 g/mol. The van der Waals surface area contributed by atoms with E-state index in [2.05, 4.69) is 15.6 Å². The van der Waals surface area contributed by atoms with Crippen LogP contribution in [0.15, 0.2) is 23.2 Å². The first-order valence-electron chi connectivity index (χ1n) is 5.11. The molecule has 6 heteroatoms. The molecule has 0 aliphatic carbocycles. The molecule has 0 saturated heterocycles. The second-order valence-corrected chi connectivity index (χ2v) is 3.33. The van der Waals surface area contributed by atoms with E-state index in [1.807, 2.05) is 25.2 Å². The van der Waals surface area contributed by atoms with Crippen molar-refractivity contribution in [2.45, 2.75) is 6.54 Å². The molecule has 0 atom stereocenters. The Morgan fingerprint density at radius 2 is 2.24 bits per heavy atom. The summed E-state index contributed by atoms with van der Waals surface area (Å²) < 4.78 is 10.7. The number of halogens is 1. The lowest BCUT2D eigenvalue weighted by atomic mass is 10.2. The van der Waals surface area contributed by atoms with Crippen molar-refractivity contribution in [3.63, 3.8) is 0 Å². The van der Waals surface area contributed by atoms with Gasteiger partial charge in [-0.05, 0) is 6.07 Å². The molecule has 1 aliphatic rings. The SMILES string of the molecule is CN=C(NC)NCc1cccc2c1OCO2.I. The third-order valence-electron chi connectivity index (χ3n) is 2.38. The van der Waals surface area contributed by atoms with Gasteiger partial charge in [-0.1, -0.05) is 12.1 Å². The zero-order valence-corrected chi connectivity index (χ0v) is 12.1. The molecule has 0 spiro atoms. The predicted octanol–water partition coefficient (Wildman–Crippen LogP) is 1.33. The van der Waals surface area contributed by atoms with Crippen molar-refractivity contribution < 1.29 is 9.47 Å². The zero-order chi connectivity index (χ0) is 11.4. The molecular formula is C11H16IN3O2. The van der Waals surface area contributed by atoms with Gasteiger partial charge in [0.25, 0.3) is 0 Å². The number of benzene rings is 1. The van der Waals surface area contributed by atoms with Crippen LogP contribution in [0.25, 0.3) is 0 Å². The van der Waals surface area contributed by atoms with Gasteiger partial charge >= 0.3 is 0 Å². The summed E-state index contributed by atoms with van der Waals surface area (Å²) in [6.45, 7) is 0.952. The van der Waals surface area contributed by atoms with Crippen LogP contribution in [-0.4, -0.2) is 26.8 Å². The Bertz CT molecular complexity index is 410. The molecule has 1 aromatic rings. The van der Waals surface area contributed by atoms with E-state index in [9.17, 15) is 0 Å². The van der Waals surface area contributed by atoms with Gasteiger partial charge in [0.05, 0.1) is 0 Å². The molecule has 1 aliphatic heterocycles. The second-order valence-electron chi connectivity index (χ2n) is 3.33. The molecule has 0 fully saturated rings. The molecule has 94 valence electrons. The van der Waals surface area contributed by atoms with Gasteiger partial charge in [0.2, 0.25) is 6.79 Å². The Morgan fingerprint density at radius 3 is 2.94 bits per heavy atom. The minimum atomic E-state index is 0. The lowest BCUT2D eigenvalue weighted by Gasteiger charge is -2.10. The number of hydrogen-bond acceptors (Lipinski definition) is 3. The largest absolute Gasteiger partial charge is 0.454 e. The number of nitrogens with one attached hydrogen (secondary N) is 2. The Labute approximate surface area is 118 Å². The number of guanidine groups is 1. The van der Waals surface area contributed by atoms with E-state index in [1.165, 1.54) is 0 Å². The number of para-hydroxylation sites is 1. The van der Waals surface area contributed by atoms with E-state index < -0.39 is 0 Å². The van der Waals surface area contributed by atoms with Gasteiger partial charge in [0.15, 0.2) is 17.5 Å². The average Bonchev–Trinajstić information content (AvgIpc) is 2.79. The molecule has 0 radical (unpaired) electrons. The second kappa shape index (κ2) is 6.53. The van der Waals surface area contributed by atoms with E-state index in [1.54, 1.807) is 7.05 Å². The summed E-state index contributed by atoms with van der Waals surface area (Å²) in [6, 6.07) is 5.86. The third kappa shape index (κ3) is 3.15. The quantitative estimate of drug-likeness (QED) is 0.481. The summed E-state index contributed by atoms with van der Waals surface area (Å²) in [5.74, 6) is 2.37. The molecule has 1 aromatic carbocycles. The van der Waals surface area contributed by atoms with Crippen molar-refractivity contribution in [2.75, 3.05) is 20.9 Å². The Kier molecular flexibility index (Phi) is 5.33. The minimum Gasteiger partial charge on any atom is -0.454 e. The number of ether oxygens (including phenoxy) is 2. The van der Waals surface area contributed by atoms with Crippen molar-refractivity contribution in [3.05, 3.63) is 23.8 Å². The topological polar surface area (TPSA) is 54.9 Å². The fraction of sp³-hybridized carbons (Fsp3) is 0.364. The first kappa shape index (κ1) is 13.9. The van der Waals surface area contributed by atoms with Gasteiger partial charge in [-0.2, -0.15) is 0 Å². The van der Waals surface area contributed by atoms with Crippen LogP contribution in [0.4, 0.5) is 0 Å². The number of nitrogens with zero attached hydrogens (tertiary/aromatic N) is 1. The van der Waals surface area contributed by atoms with Gasteiger partial charge in [-0.15, -0.1) is 24.0 Å². The van der Waals surface area contributed by atoms with Crippen molar-refractivity contribution in [1.82, 2.24) is 10.6 Å². The number of hydrogen-bond donors (Lipinski definition) is 2. The normalized spacial score (nSPS) is 12.9. The van der Waals surface area contributed by atoms with Crippen LogP contribution in [0.3, 0.4) is 0 Å². The van der Waals surface area contributed by atoms with Crippen molar-refractivity contribution in [1.29, 1.82) is 0 Å². The van der Waals surface area contributed by atoms with Crippen LogP contribution in [0.2, 0.25) is 0 Å². The predicted molar refractivity (Wildman–Crippen MR) is 77.2 cm³/mol. The summed E-state index contributed by atoms with van der Waals surface area (Å²) in [5.41, 5.74) is 1.06. The molecule has 0 bridgehead atoms. The smallest absolute Gasteiger partial charge is 0.231 e. The van der Waals surface area contributed by atoms with Gasteiger partial charge < -0.3 is 20.1 Å². The lowest BCUT2D eigenvalue weighted by molar-refractivity contribution is 0.173. The highest BCUT2D eigenvalue weighted by Crippen LogP contribution is 2.35. The van der Waals surface area contributed by atoms with Crippen LogP contribution in [-0.2, 0) is 6.54 Å². The molecule has 5 nitrogen and oxygen atoms in total. The van der Waals surface area contributed by atoms with E-state index in [0.29, 0.717) is 13.3 Å². The van der Waals surface area contributed by atoms with Crippen molar-refractivity contribution >= 4 is 29.9 Å².